The zero-order chi connectivity index (χ0) is 21.2. The van der Waals surface area contributed by atoms with Gasteiger partial charge in [0.15, 0.2) is 5.88 Å². The van der Waals surface area contributed by atoms with Gasteiger partial charge in [-0.05, 0) is 24.3 Å². The van der Waals surface area contributed by atoms with Crippen molar-refractivity contribution in [2.24, 2.45) is 10.1 Å². The van der Waals surface area contributed by atoms with Gasteiger partial charge in [0.1, 0.15) is 23.8 Å². The van der Waals surface area contributed by atoms with Crippen molar-refractivity contribution >= 4 is 28.0 Å². The number of methoxy groups -OCH3 is 1. The van der Waals surface area contributed by atoms with Gasteiger partial charge in [-0.1, -0.05) is 23.4 Å². The fourth-order valence-corrected chi connectivity index (χ4v) is 4.08. The Morgan fingerprint density at radius 2 is 2.00 bits per heavy atom. The van der Waals surface area contributed by atoms with Gasteiger partial charge in [0.05, 0.1) is 18.4 Å². The molecule has 3 heterocycles. The molecule has 0 spiro atoms. The maximum Gasteiger partial charge on any atom is 0.199 e. The zero-order valence-electron chi connectivity index (χ0n) is 17.4. The number of aromatic nitrogens is 1. The average Bonchev–Trinajstić information content (AvgIpc) is 3.33. The first kappa shape index (κ1) is 19.6. The molecule has 0 saturated carbocycles. The molecule has 0 bridgehead atoms. The monoisotopic (exact) mass is 419 g/mol. The molecule has 0 aliphatic carbocycles. The second-order valence-corrected chi connectivity index (χ2v) is 7.60. The molecule has 3 N–H and O–H groups in total. The van der Waals surface area contributed by atoms with Crippen LogP contribution < -0.4 is 10.1 Å². The van der Waals surface area contributed by atoms with Gasteiger partial charge in [0.2, 0.25) is 0 Å². The molecule has 0 unspecified atom stereocenters. The van der Waals surface area contributed by atoms with E-state index >= 15 is 0 Å². The van der Waals surface area contributed by atoms with Gasteiger partial charge in [0.25, 0.3) is 0 Å². The van der Waals surface area contributed by atoms with E-state index in [1.165, 1.54) is 0 Å². The molecule has 5 rings (SSSR count). The third kappa shape index (κ3) is 3.75. The van der Waals surface area contributed by atoms with E-state index < -0.39 is 0 Å². The number of rotatable bonds is 6. The quantitative estimate of drug-likeness (QED) is 0.422. The van der Waals surface area contributed by atoms with E-state index in [9.17, 15) is 5.11 Å². The number of aromatic hydroxyl groups is 1. The number of oxime groups is 1. The molecule has 0 amide bonds. The smallest absolute Gasteiger partial charge is 0.199 e. The molecular formula is C23H25N5O3. The summed E-state index contributed by atoms with van der Waals surface area (Å²) >= 11 is 0. The van der Waals surface area contributed by atoms with E-state index in [1.54, 1.807) is 7.11 Å². The summed E-state index contributed by atoms with van der Waals surface area (Å²) in [6, 6.07) is 13.4. The number of aromatic amines is 1. The second-order valence-electron chi connectivity index (χ2n) is 7.60. The minimum atomic E-state index is 0.0447. The third-order valence-electron chi connectivity index (χ3n) is 5.70. The highest BCUT2D eigenvalue weighted by Gasteiger charge is 2.29. The summed E-state index contributed by atoms with van der Waals surface area (Å²) in [4.78, 5) is 15.9. The van der Waals surface area contributed by atoms with Gasteiger partial charge in [-0.2, -0.15) is 0 Å². The SMILES string of the molecule is COc1ccc2[nH]c(O)c(C3=Nc4ccccc4C3=NOCCN3CCNCC3)c2c1. The van der Waals surface area contributed by atoms with E-state index in [2.05, 4.69) is 20.4 Å². The first-order valence-corrected chi connectivity index (χ1v) is 10.4. The minimum Gasteiger partial charge on any atom is -0.497 e. The normalized spacial score (nSPS) is 17.7. The minimum absolute atomic E-state index is 0.0447. The van der Waals surface area contributed by atoms with Crippen LogP contribution in [0.5, 0.6) is 11.6 Å². The number of fused-ring (bicyclic) bond motifs is 2. The van der Waals surface area contributed by atoms with Crippen molar-refractivity contribution in [1.82, 2.24) is 15.2 Å². The highest BCUT2D eigenvalue weighted by Crippen LogP contribution is 2.36. The van der Waals surface area contributed by atoms with Crippen molar-refractivity contribution in [2.75, 3.05) is 46.4 Å². The van der Waals surface area contributed by atoms with E-state index in [-0.39, 0.29) is 5.88 Å². The van der Waals surface area contributed by atoms with Crippen LogP contribution in [0.2, 0.25) is 0 Å². The summed E-state index contributed by atoms with van der Waals surface area (Å²) < 4.78 is 5.38. The first-order chi connectivity index (χ1) is 15.2. The van der Waals surface area contributed by atoms with Crippen LogP contribution in [0.3, 0.4) is 0 Å². The van der Waals surface area contributed by atoms with E-state index in [4.69, 9.17) is 14.6 Å². The molecule has 8 nitrogen and oxygen atoms in total. The van der Waals surface area contributed by atoms with E-state index in [1.807, 2.05) is 42.5 Å². The summed E-state index contributed by atoms with van der Waals surface area (Å²) in [6.45, 7) is 5.35. The Kier molecular flexibility index (Phi) is 5.31. The van der Waals surface area contributed by atoms with Gasteiger partial charge in [-0.15, -0.1) is 0 Å². The molecule has 0 atom stereocenters. The highest BCUT2D eigenvalue weighted by atomic mass is 16.6. The topological polar surface area (TPSA) is 94.5 Å². The fourth-order valence-electron chi connectivity index (χ4n) is 4.08. The van der Waals surface area contributed by atoms with Crippen molar-refractivity contribution in [3.8, 4) is 11.6 Å². The molecule has 1 aromatic heterocycles. The van der Waals surface area contributed by atoms with Crippen molar-refractivity contribution in [2.45, 2.75) is 0 Å². The Hall–Kier alpha value is -3.36. The summed E-state index contributed by atoms with van der Waals surface area (Å²) in [5.74, 6) is 0.748. The third-order valence-corrected chi connectivity index (χ3v) is 5.70. The lowest BCUT2D eigenvalue weighted by atomic mass is 10.0. The number of para-hydroxylation sites is 1. The molecule has 160 valence electrons. The molecule has 0 radical (unpaired) electrons. The van der Waals surface area contributed by atoms with Gasteiger partial charge in [0, 0.05) is 49.2 Å². The standard InChI is InChI=1S/C23H25N5O3/c1-30-15-6-7-19-17(14-15)20(23(29)26-19)22-21(16-4-2-3-5-18(16)25-22)27-31-13-12-28-10-8-24-9-11-28/h2-7,14,24,26,29H,8-13H2,1H3. The van der Waals surface area contributed by atoms with Crippen LogP contribution in [-0.4, -0.2) is 72.9 Å². The van der Waals surface area contributed by atoms with Gasteiger partial charge in [-0.3, -0.25) is 4.90 Å². The summed E-state index contributed by atoms with van der Waals surface area (Å²) in [6.07, 6.45) is 0. The van der Waals surface area contributed by atoms with Crippen LogP contribution in [0.15, 0.2) is 52.6 Å². The van der Waals surface area contributed by atoms with Crippen molar-refractivity contribution < 1.29 is 14.7 Å². The van der Waals surface area contributed by atoms with Crippen molar-refractivity contribution in [3.63, 3.8) is 0 Å². The average molecular weight is 419 g/mol. The van der Waals surface area contributed by atoms with Crippen LogP contribution in [0.25, 0.3) is 10.9 Å². The molecule has 1 saturated heterocycles. The maximum absolute atomic E-state index is 10.7. The summed E-state index contributed by atoms with van der Waals surface area (Å²) in [5.41, 5.74) is 4.28. The predicted molar refractivity (Wildman–Crippen MR) is 121 cm³/mol. The van der Waals surface area contributed by atoms with Crippen LogP contribution in [0, 0.1) is 0 Å². The number of hydrogen-bond donors (Lipinski definition) is 3. The van der Waals surface area contributed by atoms with Crippen molar-refractivity contribution in [3.05, 3.63) is 53.6 Å². The molecular weight excluding hydrogens is 394 g/mol. The molecule has 2 aliphatic heterocycles. The molecule has 3 aromatic rings. The van der Waals surface area contributed by atoms with Crippen LogP contribution >= 0.6 is 0 Å². The first-order valence-electron chi connectivity index (χ1n) is 10.4. The van der Waals surface area contributed by atoms with E-state index in [0.717, 1.165) is 54.9 Å². The van der Waals surface area contributed by atoms with Gasteiger partial charge in [-0.25, -0.2) is 4.99 Å². The summed E-state index contributed by atoms with van der Waals surface area (Å²) in [7, 11) is 1.62. The lowest BCUT2D eigenvalue weighted by molar-refractivity contribution is 0.106. The number of nitrogens with zero attached hydrogens (tertiary/aromatic N) is 3. The Bertz CT molecular complexity index is 1160. The molecule has 2 aromatic carbocycles. The Morgan fingerprint density at radius 1 is 1.16 bits per heavy atom. The molecule has 8 heteroatoms. The number of H-pyrrole nitrogens is 1. The van der Waals surface area contributed by atoms with Crippen molar-refractivity contribution in [1.29, 1.82) is 0 Å². The lowest BCUT2D eigenvalue weighted by Crippen LogP contribution is -2.44. The van der Waals surface area contributed by atoms with Gasteiger partial charge < -0.3 is 25.0 Å². The van der Waals surface area contributed by atoms with Crippen LogP contribution in [0.1, 0.15) is 11.1 Å². The number of aliphatic imine (C=N–C) groups is 1. The number of hydrogen-bond acceptors (Lipinski definition) is 7. The van der Waals surface area contributed by atoms with Crippen LogP contribution in [-0.2, 0) is 4.84 Å². The maximum atomic E-state index is 10.7. The summed E-state index contributed by atoms with van der Waals surface area (Å²) in [5, 5.41) is 19.3. The largest absolute Gasteiger partial charge is 0.497 e. The number of nitrogens with one attached hydrogen (secondary N) is 2. The Labute approximate surface area is 180 Å². The number of ether oxygens (including phenoxy) is 1. The highest BCUT2D eigenvalue weighted by molar-refractivity contribution is 6.58. The van der Waals surface area contributed by atoms with Crippen LogP contribution in [0.4, 0.5) is 5.69 Å². The predicted octanol–water partition coefficient (Wildman–Crippen LogP) is 2.64. The molecule has 31 heavy (non-hydrogen) atoms. The lowest BCUT2D eigenvalue weighted by Gasteiger charge is -2.26. The Morgan fingerprint density at radius 3 is 2.84 bits per heavy atom. The number of benzene rings is 2. The zero-order valence-corrected chi connectivity index (χ0v) is 17.4. The fraction of sp³-hybridized carbons (Fsp3) is 0.304. The molecule has 1 fully saturated rings. The van der Waals surface area contributed by atoms with E-state index in [0.29, 0.717) is 29.3 Å². The second kappa shape index (κ2) is 8.41. The number of piperazine rings is 1. The Balaban J connectivity index is 1.47. The molecule has 2 aliphatic rings. The van der Waals surface area contributed by atoms with Gasteiger partial charge >= 0.3 is 0 Å².